The quantitative estimate of drug-likeness (QED) is 0.434. The Morgan fingerprint density at radius 2 is 2.21 bits per heavy atom. The van der Waals surface area contributed by atoms with Crippen LogP contribution in [0.1, 0.15) is 26.2 Å². The van der Waals surface area contributed by atoms with Gasteiger partial charge in [-0.15, -0.1) is 0 Å². The van der Waals surface area contributed by atoms with Crippen LogP contribution in [-0.4, -0.2) is 36.9 Å². The molecule has 1 atom stereocenters. The zero-order chi connectivity index (χ0) is 14.3. The van der Waals surface area contributed by atoms with Gasteiger partial charge in [-0.1, -0.05) is 18.2 Å². The van der Waals surface area contributed by atoms with Crippen molar-refractivity contribution in [3.05, 3.63) is 23.8 Å². The lowest BCUT2D eigenvalue weighted by molar-refractivity contribution is -0.151. The maximum absolute atomic E-state index is 11.8. The Balaban J connectivity index is 2.36. The molecule has 0 heterocycles. The molecule has 1 unspecified atom stereocenters. The minimum Gasteiger partial charge on any atom is -0.478 e. The zero-order valence-corrected chi connectivity index (χ0v) is 11.2. The molecule has 5 heteroatoms. The van der Waals surface area contributed by atoms with E-state index in [2.05, 4.69) is 6.58 Å². The molecule has 5 nitrogen and oxygen atoms in total. The highest BCUT2D eigenvalue weighted by Crippen LogP contribution is 2.26. The topological polar surface area (TPSA) is 72.8 Å². The maximum atomic E-state index is 11.8. The number of carbonyl (C=O) groups excluding carboxylic acids is 1. The first-order valence-electron chi connectivity index (χ1n) is 6.34. The molecule has 1 N–H and O–H groups in total. The number of carboxylic acids is 1. The van der Waals surface area contributed by atoms with E-state index in [1.165, 1.54) is 0 Å². The SMILES string of the molecule is C=C(C)COCCOC(=O)C1CCCC=C1C(=O)O. The van der Waals surface area contributed by atoms with Crippen LogP contribution >= 0.6 is 0 Å². The van der Waals surface area contributed by atoms with E-state index in [1.54, 1.807) is 6.08 Å². The van der Waals surface area contributed by atoms with E-state index in [9.17, 15) is 9.59 Å². The highest BCUT2D eigenvalue weighted by Gasteiger charge is 2.30. The van der Waals surface area contributed by atoms with E-state index >= 15 is 0 Å². The van der Waals surface area contributed by atoms with Crippen LogP contribution in [0.5, 0.6) is 0 Å². The minimum atomic E-state index is -1.04. The van der Waals surface area contributed by atoms with Crippen molar-refractivity contribution < 1.29 is 24.2 Å². The summed E-state index contributed by atoms with van der Waals surface area (Å²) < 4.78 is 10.2. The van der Waals surface area contributed by atoms with E-state index in [4.69, 9.17) is 14.6 Å². The predicted octanol–water partition coefficient (Wildman–Crippen LogP) is 1.93. The molecule has 1 aliphatic carbocycles. The standard InChI is InChI=1S/C14H20O5/c1-10(2)9-18-7-8-19-14(17)12-6-4-3-5-11(12)13(15)16/h5,12H,1,3-4,6-9H2,2H3,(H,15,16). The Morgan fingerprint density at radius 1 is 1.47 bits per heavy atom. The molecule has 0 aromatic heterocycles. The van der Waals surface area contributed by atoms with Gasteiger partial charge >= 0.3 is 11.9 Å². The van der Waals surface area contributed by atoms with Gasteiger partial charge in [-0.25, -0.2) is 4.79 Å². The lowest BCUT2D eigenvalue weighted by Gasteiger charge is -2.20. The van der Waals surface area contributed by atoms with Gasteiger partial charge in [-0.05, 0) is 26.2 Å². The van der Waals surface area contributed by atoms with Crippen LogP contribution in [0, 0.1) is 5.92 Å². The molecule has 0 saturated carbocycles. The fourth-order valence-electron chi connectivity index (χ4n) is 1.91. The maximum Gasteiger partial charge on any atom is 0.332 e. The van der Waals surface area contributed by atoms with Crippen molar-refractivity contribution in [1.82, 2.24) is 0 Å². The first-order chi connectivity index (χ1) is 9.02. The van der Waals surface area contributed by atoms with Crippen LogP contribution in [0.4, 0.5) is 0 Å². The van der Waals surface area contributed by atoms with Gasteiger partial charge in [0.1, 0.15) is 6.61 Å². The number of allylic oxidation sites excluding steroid dienone is 1. The zero-order valence-electron chi connectivity index (χ0n) is 11.2. The van der Waals surface area contributed by atoms with E-state index in [1.807, 2.05) is 6.92 Å². The van der Waals surface area contributed by atoms with Crippen molar-refractivity contribution in [2.75, 3.05) is 19.8 Å². The first-order valence-corrected chi connectivity index (χ1v) is 6.34. The number of carboxylic acid groups (broad SMARTS) is 1. The molecular formula is C14H20O5. The molecule has 0 aromatic rings. The van der Waals surface area contributed by atoms with E-state index < -0.39 is 17.9 Å². The summed E-state index contributed by atoms with van der Waals surface area (Å²) >= 11 is 0. The number of ether oxygens (including phenoxy) is 2. The van der Waals surface area contributed by atoms with Gasteiger partial charge in [0.15, 0.2) is 0 Å². The first kappa shape index (κ1) is 15.4. The van der Waals surface area contributed by atoms with Gasteiger partial charge in [0.2, 0.25) is 0 Å². The van der Waals surface area contributed by atoms with E-state index in [0.29, 0.717) is 19.4 Å². The van der Waals surface area contributed by atoms with E-state index in [0.717, 1.165) is 12.0 Å². The number of hydrogen-bond donors (Lipinski definition) is 1. The average molecular weight is 268 g/mol. The average Bonchev–Trinajstić information content (AvgIpc) is 2.37. The summed E-state index contributed by atoms with van der Waals surface area (Å²) in [7, 11) is 0. The highest BCUT2D eigenvalue weighted by molar-refractivity contribution is 5.94. The van der Waals surface area contributed by atoms with Gasteiger partial charge < -0.3 is 14.6 Å². The largest absolute Gasteiger partial charge is 0.478 e. The van der Waals surface area contributed by atoms with Crippen LogP contribution in [-0.2, 0) is 19.1 Å². The Morgan fingerprint density at radius 3 is 2.84 bits per heavy atom. The summed E-state index contributed by atoms with van der Waals surface area (Å²) in [5.41, 5.74) is 1.05. The van der Waals surface area contributed by atoms with Crippen LogP contribution < -0.4 is 0 Å². The molecule has 0 aromatic carbocycles. The molecule has 0 bridgehead atoms. The Hall–Kier alpha value is -1.62. The third-order valence-corrected chi connectivity index (χ3v) is 2.79. The summed E-state index contributed by atoms with van der Waals surface area (Å²) in [4.78, 5) is 22.8. The second-order valence-corrected chi connectivity index (χ2v) is 4.63. The third kappa shape index (κ3) is 5.26. The number of carbonyl (C=O) groups is 2. The summed E-state index contributed by atoms with van der Waals surface area (Å²) in [6.07, 6.45) is 3.65. The van der Waals surface area contributed by atoms with Crippen LogP contribution in [0.15, 0.2) is 23.8 Å². The van der Waals surface area contributed by atoms with Crippen molar-refractivity contribution in [3.8, 4) is 0 Å². The number of rotatable bonds is 7. The Labute approximate surface area is 112 Å². The summed E-state index contributed by atoms with van der Waals surface area (Å²) in [5.74, 6) is -2.17. The predicted molar refractivity (Wildman–Crippen MR) is 69.7 cm³/mol. The normalized spacial score (nSPS) is 18.6. The minimum absolute atomic E-state index is 0.134. The van der Waals surface area contributed by atoms with Crippen LogP contribution in [0.25, 0.3) is 0 Å². The van der Waals surface area contributed by atoms with Crippen molar-refractivity contribution in [2.45, 2.75) is 26.2 Å². The molecule has 0 radical (unpaired) electrons. The number of hydrogen-bond acceptors (Lipinski definition) is 4. The third-order valence-electron chi connectivity index (χ3n) is 2.79. The molecular weight excluding hydrogens is 248 g/mol. The van der Waals surface area contributed by atoms with Crippen LogP contribution in [0.2, 0.25) is 0 Å². The summed E-state index contributed by atoms with van der Waals surface area (Å²) in [6.45, 7) is 6.39. The van der Waals surface area contributed by atoms with Crippen molar-refractivity contribution in [1.29, 1.82) is 0 Å². The summed E-state index contributed by atoms with van der Waals surface area (Å²) in [5, 5.41) is 9.02. The second kappa shape index (κ2) is 7.74. The Bertz CT molecular complexity index is 383. The fourth-order valence-corrected chi connectivity index (χ4v) is 1.91. The number of aliphatic carboxylic acids is 1. The second-order valence-electron chi connectivity index (χ2n) is 4.63. The van der Waals surface area contributed by atoms with E-state index in [-0.39, 0.29) is 18.8 Å². The lowest BCUT2D eigenvalue weighted by Crippen LogP contribution is -2.27. The van der Waals surface area contributed by atoms with Gasteiger partial charge in [0, 0.05) is 5.57 Å². The van der Waals surface area contributed by atoms with Crippen molar-refractivity contribution >= 4 is 11.9 Å². The molecule has 1 rings (SSSR count). The molecule has 0 spiro atoms. The molecule has 0 amide bonds. The summed E-state index contributed by atoms with van der Waals surface area (Å²) in [6, 6.07) is 0. The van der Waals surface area contributed by atoms with Crippen molar-refractivity contribution in [2.24, 2.45) is 5.92 Å². The van der Waals surface area contributed by atoms with Crippen molar-refractivity contribution in [3.63, 3.8) is 0 Å². The molecule has 0 aliphatic heterocycles. The molecule has 0 saturated heterocycles. The lowest BCUT2D eigenvalue weighted by atomic mass is 9.88. The molecule has 19 heavy (non-hydrogen) atoms. The Kier molecular flexibility index (Phi) is 6.29. The number of esters is 1. The molecule has 1 aliphatic rings. The highest BCUT2D eigenvalue weighted by atomic mass is 16.6. The van der Waals surface area contributed by atoms with Gasteiger partial charge in [0.05, 0.1) is 19.1 Å². The van der Waals surface area contributed by atoms with Gasteiger partial charge in [-0.2, -0.15) is 0 Å². The fraction of sp³-hybridized carbons (Fsp3) is 0.571. The monoisotopic (exact) mass is 268 g/mol. The van der Waals surface area contributed by atoms with Gasteiger partial charge in [0.25, 0.3) is 0 Å². The van der Waals surface area contributed by atoms with Gasteiger partial charge in [-0.3, -0.25) is 4.79 Å². The molecule has 106 valence electrons. The molecule has 0 fully saturated rings. The smallest absolute Gasteiger partial charge is 0.332 e. The van der Waals surface area contributed by atoms with Crippen LogP contribution in [0.3, 0.4) is 0 Å².